The van der Waals surface area contributed by atoms with Crippen LogP contribution in [-0.2, 0) is 0 Å². The summed E-state index contributed by atoms with van der Waals surface area (Å²) in [5.41, 5.74) is 0. The molecule has 0 aromatic rings. The molecule has 0 spiro atoms. The summed E-state index contributed by atoms with van der Waals surface area (Å²) in [5, 5.41) is 0. The maximum absolute atomic E-state index is 12.7. The van der Waals surface area contributed by atoms with Crippen molar-refractivity contribution in [3.8, 4) is 0 Å². The minimum atomic E-state index is -0.561. The number of halogens is 1. The van der Waals surface area contributed by atoms with E-state index in [-0.39, 0.29) is 0 Å². The monoisotopic (exact) mass is 159 g/mol. The van der Waals surface area contributed by atoms with Crippen LogP contribution in [0.5, 0.6) is 0 Å². The van der Waals surface area contributed by atoms with Crippen LogP contribution in [0.4, 0.5) is 4.39 Å². The van der Waals surface area contributed by atoms with E-state index in [2.05, 4.69) is 18.7 Å². The Bertz CT molecular complexity index is 116. The SMILES string of the molecule is CCCC(C)N1CC[C@H](F)C1. The minimum Gasteiger partial charge on any atom is -0.298 e. The van der Waals surface area contributed by atoms with E-state index in [0.29, 0.717) is 12.6 Å². The van der Waals surface area contributed by atoms with Crippen molar-refractivity contribution < 1.29 is 4.39 Å². The normalized spacial score (nSPS) is 29.2. The molecule has 0 saturated carbocycles. The Kier molecular flexibility index (Phi) is 3.31. The van der Waals surface area contributed by atoms with Crippen molar-refractivity contribution in [3.63, 3.8) is 0 Å². The van der Waals surface area contributed by atoms with Gasteiger partial charge < -0.3 is 0 Å². The number of hydrogen-bond acceptors (Lipinski definition) is 1. The van der Waals surface area contributed by atoms with Crippen molar-refractivity contribution in [2.24, 2.45) is 0 Å². The number of alkyl halides is 1. The van der Waals surface area contributed by atoms with E-state index in [1.165, 1.54) is 12.8 Å². The molecule has 0 amide bonds. The first-order valence-electron chi connectivity index (χ1n) is 4.62. The van der Waals surface area contributed by atoms with Crippen LogP contribution in [0.2, 0.25) is 0 Å². The van der Waals surface area contributed by atoms with Crippen LogP contribution < -0.4 is 0 Å². The largest absolute Gasteiger partial charge is 0.298 e. The van der Waals surface area contributed by atoms with E-state index in [9.17, 15) is 4.39 Å². The topological polar surface area (TPSA) is 3.24 Å². The van der Waals surface area contributed by atoms with Gasteiger partial charge in [0.2, 0.25) is 0 Å². The Morgan fingerprint density at radius 3 is 2.82 bits per heavy atom. The first-order valence-corrected chi connectivity index (χ1v) is 4.62. The average molecular weight is 159 g/mol. The number of nitrogens with zero attached hydrogens (tertiary/aromatic N) is 1. The van der Waals surface area contributed by atoms with Gasteiger partial charge >= 0.3 is 0 Å². The van der Waals surface area contributed by atoms with Crippen molar-refractivity contribution in [1.29, 1.82) is 0 Å². The minimum absolute atomic E-state index is 0.561. The molecule has 1 fully saturated rings. The molecule has 2 atom stereocenters. The van der Waals surface area contributed by atoms with E-state index >= 15 is 0 Å². The van der Waals surface area contributed by atoms with Gasteiger partial charge in [0.25, 0.3) is 0 Å². The van der Waals surface area contributed by atoms with Gasteiger partial charge in [-0.05, 0) is 19.8 Å². The van der Waals surface area contributed by atoms with Crippen molar-refractivity contribution >= 4 is 0 Å². The Morgan fingerprint density at radius 1 is 1.64 bits per heavy atom. The van der Waals surface area contributed by atoms with Crippen LogP contribution in [0.25, 0.3) is 0 Å². The van der Waals surface area contributed by atoms with Gasteiger partial charge in [0.15, 0.2) is 0 Å². The zero-order chi connectivity index (χ0) is 8.27. The van der Waals surface area contributed by atoms with Gasteiger partial charge in [-0.15, -0.1) is 0 Å². The summed E-state index contributed by atoms with van der Waals surface area (Å²) in [5.74, 6) is 0. The zero-order valence-corrected chi connectivity index (χ0v) is 7.52. The zero-order valence-electron chi connectivity index (χ0n) is 7.52. The third-order valence-corrected chi connectivity index (χ3v) is 2.49. The highest BCUT2D eigenvalue weighted by molar-refractivity contribution is 4.78. The lowest BCUT2D eigenvalue weighted by Crippen LogP contribution is -2.30. The second-order valence-corrected chi connectivity index (χ2v) is 3.52. The highest BCUT2D eigenvalue weighted by Gasteiger charge is 2.24. The van der Waals surface area contributed by atoms with Crippen LogP contribution in [0, 0.1) is 0 Å². The molecule has 1 saturated heterocycles. The molecule has 0 radical (unpaired) electrons. The quantitative estimate of drug-likeness (QED) is 0.610. The molecule has 0 bridgehead atoms. The lowest BCUT2D eigenvalue weighted by atomic mass is 10.2. The fourth-order valence-corrected chi connectivity index (χ4v) is 1.74. The van der Waals surface area contributed by atoms with Gasteiger partial charge in [0.1, 0.15) is 6.17 Å². The van der Waals surface area contributed by atoms with Gasteiger partial charge in [0, 0.05) is 19.1 Å². The molecule has 0 aromatic carbocycles. The van der Waals surface area contributed by atoms with Gasteiger partial charge in [-0.2, -0.15) is 0 Å². The first-order chi connectivity index (χ1) is 5.24. The summed E-state index contributed by atoms with van der Waals surface area (Å²) in [6.45, 7) is 6.00. The number of rotatable bonds is 3. The predicted octanol–water partition coefficient (Wildman–Crippen LogP) is 2.22. The maximum atomic E-state index is 12.7. The molecule has 0 aliphatic carbocycles. The molecule has 1 heterocycles. The summed E-state index contributed by atoms with van der Waals surface area (Å²) in [4.78, 5) is 2.26. The first kappa shape index (κ1) is 8.98. The van der Waals surface area contributed by atoms with Crippen molar-refractivity contribution in [2.45, 2.75) is 45.3 Å². The average Bonchev–Trinajstić information content (AvgIpc) is 2.36. The fourth-order valence-electron chi connectivity index (χ4n) is 1.74. The standard InChI is InChI=1S/C9H18FN/c1-3-4-8(2)11-6-5-9(10)7-11/h8-9H,3-7H2,1-2H3/t8?,9-/m0/s1. The third kappa shape index (κ3) is 2.44. The van der Waals surface area contributed by atoms with Crippen LogP contribution in [-0.4, -0.2) is 30.2 Å². The summed E-state index contributed by atoms with van der Waals surface area (Å²) in [7, 11) is 0. The van der Waals surface area contributed by atoms with E-state index in [1.54, 1.807) is 0 Å². The molecule has 1 aliphatic heterocycles. The van der Waals surface area contributed by atoms with E-state index in [1.807, 2.05) is 0 Å². The third-order valence-electron chi connectivity index (χ3n) is 2.49. The molecule has 11 heavy (non-hydrogen) atoms. The Labute approximate surface area is 68.6 Å². The van der Waals surface area contributed by atoms with E-state index < -0.39 is 6.17 Å². The van der Waals surface area contributed by atoms with Crippen molar-refractivity contribution in [1.82, 2.24) is 4.90 Å². The fraction of sp³-hybridized carbons (Fsp3) is 1.00. The van der Waals surface area contributed by atoms with Crippen molar-refractivity contribution in [2.75, 3.05) is 13.1 Å². The second-order valence-electron chi connectivity index (χ2n) is 3.52. The molecule has 66 valence electrons. The molecule has 0 N–H and O–H groups in total. The van der Waals surface area contributed by atoms with E-state index in [4.69, 9.17) is 0 Å². The molecule has 2 heteroatoms. The van der Waals surface area contributed by atoms with Gasteiger partial charge in [-0.25, -0.2) is 4.39 Å². The van der Waals surface area contributed by atoms with Crippen LogP contribution in [0.3, 0.4) is 0 Å². The lowest BCUT2D eigenvalue weighted by molar-refractivity contribution is 0.223. The number of hydrogen-bond donors (Lipinski definition) is 0. The van der Waals surface area contributed by atoms with Crippen LogP contribution in [0.1, 0.15) is 33.1 Å². The summed E-state index contributed by atoms with van der Waals surface area (Å²) >= 11 is 0. The van der Waals surface area contributed by atoms with Gasteiger partial charge in [-0.1, -0.05) is 13.3 Å². The molecule has 0 aromatic heterocycles. The summed E-state index contributed by atoms with van der Waals surface area (Å²) in [6.07, 6.45) is 2.59. The lowest BCUT2D eigenvalue weighted by Gasteiger charge is -2.22. The predicted molar refractivity (Wildman–Crippen MR) is 45.5 cm³/mol. The Hall–Kier alpha value is -0.110. The van der Waals surface area contributed by atoms with Crippen LogP contribution >= 0.6 is 0 Å². The smallest absolute Gasteiger partial charge is 0.114 e. The molecule has 1 rings (SSSR count). The highest BCUT2D eigenvalue weighted by Crippen LogP contribution is 2.17. The molecular weight excluding hydrogens is 141 g/mol. The summed E-state index contributed by atoms with van der Waals surface area (Å²) in [6, 6.07) is 0.584. The Balaban J connectivity index is 2.25. The maximum Gasteiger partial charge on any atom is 0.114 e. The second kappa shape index (κ2) is 4.05. The Morgan fingerprint density at radius 2 is 2.36 bits per heavy atom. The molecule has 1 unspecified atom stereocenters. The van der Waals surface area contributed by atoms with Gasteiger partial charge in [0.05, 0.1) is 0 Å². The molecular formula is C9H18FN. The van der Waals surface area contributed by atoms with Crippen LogP contribution in [0.15, 0.2) is 0 Å². The number of likely N-dealkylation sites (tertiary alicyclic amines) is 1. The molecule has 1 aliphatic rings. The molecule has 1 nitrogen and oxygen atoms in total. The van der Waals surface area contributed by atoms with Gasteiger partial charge in [-0.3, -0.25) is 4.90 Å². The van der Waals surface area contributed by atoms with Crippen molar-refractivity contribution in [3.05, 3.63) is 0 Å². The highest BCUT2D eigenvalue weighted by atomic mass is 19.1. The summed E-state index contributed by atoms with van der Waals surface area (Å²) < 4.78 is 12.7. The van der Waals surface area contributed by atoms with E-state index in [0.717, 1.165) is 13.0 Å².